The van der Waals surface area contributed by atoms with Crippen LogP contribution in [-0.2, 0) is 4.74 Å². The van der Waals surface area contributed by atoms with E-state index in [1.807, 2.05) is 0 Å². The minimum atomic E-state index is 0. The zero-order valence-electron chi connectivity index (χ0n) is 11.8. The van der Waals surface area contributed by atoms with Crippen molar-refractivity contribution in [3.05, 3.63) is 11.1 Å². The first-order valence-corrected chi connectivity index (χ1v) is 8.00. The highest BCUT2D eigenvalue weighted by Gasteiger charge is 2.53. The summed E-state index contributed by atoms with van der Waals surface area (Å²) < 4.78 is 6.94. The first kappa shape index (κ1) is 16.5. The molecule has 6 heteroatoms. The molecule has 4 nitrogen and oxygen atoms in total. The summed E-state index contributed by atoms with van der Waals surface area (Å²) in [6.07, 6.45) is 3.53. The molecule has 0 radical (unpaired) electrons. The second kappa shape index (κ2) is 6.96. The number of hydrogen-bond acceptors (Lipinski definition) is 2. The number of guanidine groups is 1. The van der Waals surface area contributed by atoms with E-state index in [0.29, 0.717) is 18.8 Å². The van der Waals surface area contributed by atoms with Crippen molar-refractivity contribution in [1.29, 1.82) is 0 Å². The molecule has 4 unspecified atom stereocenters. The van der Waals surface area contributed by atoms with E-state index in [1.165, 1.54) is 12.8 Å². The molecule has 0 spiro atoms. The zero-order chi connectivity index (χ0) is 13.4. The highest BCUT2D eigenvalue weighted by atomic mass is 127. The van der Waals surface area contributed by atoms with Crippen molar-refractivity contribution in [2.24, 2.45) is 16.8 Å². The first-order chi connectivity index (χ1) is 9.19. The molecule has 3 aliphatic rings. The molecular weight excluding hydrogens is 433 g/mol. The van der Waals surface area contributed by atoms with Gasteiger partial charge in [-0.3, -0.25) is 0 Å². The Kier molecular flexibility index (Phi) is 5.76. The summed E-state index contributed by atoms with van der Waals surface area (Å²) in [6, 6.07) is 0. The zero-order valence-corrected chi connectivity index (χ0v) is 15.8. The van der Waals surface area contributed by atoms with Gasteiger partial charge >= 0.3 is 0 Å². The van der Waals surface area contributed by atoms with Gasteiger partial charge in [-0.25, -0.2) is 4.99 Å². The van der Waals surface area contributed by atoms with E-state index in [1.54, 1.807) is 0 Å². The molecular formula is C14H23BrIN3O. The summed E-state index contributed by atoms with van der Waals surface area (Å²) in [5, 5.41) is 3.39. The monoisotopic (exact) mass is 455 g/mol. The molecule has 0 aromatic rings. The second-order valence-electron chi connectivity index (χ2n) is 5.71. The Morgan fingerprint density at radius 3 is 2.45 bits per heavy atom. The maximum absolute atomic E-state index is 6.02. The largest absolute Gasteiger partial charge is 0.374 e. The number of likely N-dealkylation sites (tertiary alicyclic amines) is 1. The molecule has 3 saturated heterocycles. The van der Waals surface area contributed by atoms with Crippen molar-refractivity contribution in [2.75, 3.05) is 26.2 Å². The van der Waals surface area contributed by atoms with E-state index >= 15 is 0 Å². The summed E-state index contributed by atoms with van der Waals surface area (Å²) in [5.74, 6) is 2.46. The number of ether oxygens (including phenoxy) is 1. The van der Waals surface area contributed by atoms with Gasteiger partial charge in [-0.05, 0) is 19.8 Å². The van der Waals surface area contributed by atoms with Crippen LogP contribution in [0.15, 0.2) is 16.1 Å². The van der Waals surface area contributed by atoms with Crippen LogP contribution in [0.25, 0.3) is 0 Å². The van der Waals surface area contributed by atoms with Gasteiger partial charge in [0.1, 0.15) is 0 Å². The van der Waals surface area contributed by atoms with Gasteiger partial charge in [0.2, 0.25) is 0 Å². The summed E-state index contributed by atoms with van der Waals surface area (Å²) in [7, 11) is 0. The molecule has 3 aliphatic heterocycles. The van der Waals surface area contributed by atoms with Crippen LogP contribution in [0.1, 0.15) is 19.8 Å². The lowest BCUT2D eigenvalue weighted by Crippen LogP contribution is -2.41. The molecule has 20 heavy (non-hydrogen) atoms. The molecule has 0 aromatic heterocycles. The van der Waals surface area contributed by atoms with Crippen LogP contribution in [0.5, 0.6) is 0 Å². The van der Waals surface area contributed by atoms with E-state index in [9.17, 15) is 0 Å². The Balaban J connectivity index is 0.00000147. The van der Waals surface area contributed by atoms with Crippen molar-refractivity contribution in [3.63, 3.8) is 0 Å². The normalized spacial score (nSPS) is 34.9. The topological polar surface area (TPSA) is 36.9 Å². The fourth-order valence-electron chi connectivity index (χ4n) is 3.72. The number of halogens is 2. The second-order valence-corrected chi connectivity index (χ2v) is 6.83. The standard InChI is InChI=1S/C14H22BrN3O.HI/c1-3-16-14(17-6-9(2)15)18-7-10-11(8-18)13-5-4-12(10)19-13;/h10-13H,2-8H2,1H3,(H,16,17);1H. The third-order valence-corrected chi connectivity index (χ3v) is 4.74. The highest BCUT2D eigenvalue weighted by Crippen LogP contribution is 2.47. The minimum absolute atomic E-state index is 0. The average molecular weight is 456 g/mol. The Hall–Kier alpha value is 0.180. The quantitative estimate of drug-likeness (QED) is 0.403. The number of rotatable bonds is 3. The van der Waals surface area contributed by atoms with Gasteiger partial charge in [-0.1, -0.05) is 22.5 Å². The number of nitrogens with zero attached hydrogens (tertiary/aromatic N) is 2. The van der Waals surface area contributed by atoms with Crippen molar-refractivity contribution in [2.45, 2.75) is 32.0 Å². The third kappa shape index (κ3) is 3.16. The highest BCUT2D eigenvalue weighted by molar-refractivity contribution is 14.0. The van der Waals surface area contributed by atoms with E-state index < -0.39 is 0 Å². The SMILES string of the molecule is C=C(Br)CN=C(NCC)N1CC2C3CCC(O3)C2C1.I. The van der Waals surface area contributed by atoms with Crippen LogP contribution in [0.3, 0.4) is 0 Å². The molecule has 1 N–H and O–H groups in total. The van der Waals surface area contributed by atoms with Crippen molar-refractivity contribution >= 4 is 45.9 Å². The fraction of sp³-hybridized carbons (Fsp3) is 0.786. The predicted octanol–water partition coefficient (Wildman–Crippen LogP) is 2.59. The number of nitrogens with one attached hydrogen (secondary N) is 1. The Morgan fingerprint density at radius 1 is 1.35 bits per heavy atom. The van der Waals surface area contributed by atoms with E-state index in [2.05, 4.69) is 44.6 Å². The predicted molar refractivity (Wildman–Crippen MR) is 95.9 cm³/mol. The fourth-order valence-corrected chi connectivity index (χ4v) is 3.84. The molecule has 114 valence electrons. The summed E-state index contributed by atoms with van der Waals surface area (Å²) in [6.45, 7) is 9.68. The first-order valence-electron chi connectivity index (χ1n) is 7.21. The molecule has 3 fully saturated rings. The van der Waals surface area contributed by atoms with Crippen LogP contribution in [0.4, 0.5) is 0 Å². The van der Waals surface area contributed by atoms with E-state index in [-0.39, 0.29) is 24.0 Å². The molecule has 0 aliphatic carbocycles. The third-order valence-electron chi connectivity index (χ3n) is 4.49. The van der Waals surface area contributed by atoms with Crippen molar-refractivity contribution in [3.8, 4) is 0 Å². The molecule has 4 atom stereocenters. The maximum atomic E-state index is 6.02. The lowest BCUT2D eigenvalue weighted by atomic mass is 9.82. The molecule has 3 rings (SSSR count). The lowest BCUT2D eigenvalue weighted by molar-refractivity contribution is 0.0767. The van der Waals surface area contributed by atoms with E-state index in [0.717, 1.165) is 41.9 Å². The van der Waals surface area contributed by atoms with E-state index in [4.69, 9.17) is 4.74 Å². The summed E-state index contributed by atoms with van der Waals surface area (Å²) in [4.78, 5) is 7.04. The Morgan fingerprint density at radius 2 is 1.95 bits per heavy atom. The molecule has 0 aromatic carbocycles. The van der Waals surface area contributed by atoms with Crippen LogP contribution in [0.2, 0.25) is 0 Å². The minimum Gasteiger partial charge on any atom is -0.374 e. The van der Waals surface area contributed by atoms with Crippen molar-refractivity contribution in [1.82, 2.24) is 10.2 Å². The molecule has 2 bridgehead atoms. The number of aliphatic imine (C=N–C) groups is 1. The van der Waals surface area contributed by atoms with Gasteiger partial charge in [-0.2, -0.15) is 0 Å². The smallest absolute Gasteiger partial charge is 0.194 e. The Bertz CT molecular complexity index is 386. The Labute approximate surface area is 146 Å². The average Bonchev–Trinajstić information content (AvgIpc) is 3.04. The van der Waals surface area contributed by atoms with Crippen molar-refractivity contribution < 1.29 is 4.74 Å². The van der Waals surface area contributed by atoms with Crippen LogP contribution in [-0.4, -0.2) is 49.2 Å². The molecule has 3 heterocycles. The summed E-state index contributed by atoms with van der Waals surface area (Å²) >= 11 is 3.37. The van der Waals surface area contributed by atoms with Gasteiger partial charge in [0.15, 0.2) is 5.96 Å². The van der Waals surface area contributed by atoms with Crippen LogP contribution in [0, 0.1) is 11.8 Å². The van der Waals surface area contributed by atoms with Gasteiger partial charge < -0.3 is 15.0 Å². The van der Waals surface area contributed by atoms with Gasteiger partial charge in [-0.15, -0.1) is 24.0 Å². The summed E-state index contributed by atoms with van der Waals surface area (Å²) in [5.41, 5.74) is 0. The molecule has 0 amide bonds. The van der Waals surface area contributed by atoms with Gasteiger partial charge in [0.05, 0.1) is 18.8 Å². The van der Waals surface area contributed by atoms with Gasteiger partial charge in [0.25, 0.3) is 0 Å². The van der Waals surface area contributed by atoms with Crippen LogP contribution >= 0.6 is 39.9 Å². The number of hydrogen-bond donors (Lipinski definition) is 1. The van der Waals surface area contributed by atoms with Gasteiger partial charge in [0, 0.05) is 36.0 Å². The molecule has 0 saturated carbocycles. The lowest BCUT2D eigenvalue weighted by Gasteiger charge is -2.23. The number of fused-ring (bicyclic) bond motifs is 5. The van der Waals surface area contributed by atoms with Crippen LogP contribution < -0.4 is 5.32 Å². The maximum Gasteiger partial charge on any atom is 0.194 e.